The molecule has 1 N–H and O–H groups in total. The molecule has 0 aliphatic rings. The van der Waals surface area contributed by atoms with E-state index >= 15 is 0 Å². The Labute approximate surface area is 225 Å². The third kappa shape index (κ3) is 8.09. The van der Waals surface area contributed by atoms with Crippen molar-refractivity contribution in [2.75, 3.05) is 6.61 Å². The van der Waals surface area contributed by atoms with E-state index in [9.17, 15) is 9.59 Å². The van der Waals surface area contributed by atoms with Crippen LogP contribution in [-0.2, 0) is 22.6 Å². The number of benzene rings is 3. The van der Waals surface area contributed by atoms with Crippen LogP contribution in [0.3, 0.4) is 0 Å². The highest BCUT2D eigenvalue weighted by atomic mass is 35.5. The van der Waals surface area contributed by atoms with Crippen LogP contribution in [0.2, 0.25) is 5.02 Å². The second kappa shape index (κ2) is 12.3. The monoisotopic (exact) mass is 520 g/mol. The first kappa shape index (κ1) is 28.3. The van der Waals surface area contributed by atoms with Crippen molar-refractivity contribution in [3.05, 3.63) is 99.6 Å². The van der Waals surface area contributed by atoms with Crippen LogP contribution in [0.15, 0.2) is 66.7 Å². The summed E-state index contributed by atoms with van der Waals surface area (Å²) in [6, 6.07) is 20.4. The van der Waals surface area contributed by atoms with Crippen LogP contribution in [0.4, 0.5) is 0 Å². The van der Waals surface area contributed by atoms with Crippen molar-refractivity contribution in [1.82, 2.24) is 10.2 Å². The lowest BCUT2D eigenvalue weighted by molar-refractivity contribution is -0.143. The highest BCUT2D eigenvalue weighted by Gasteiger charge is 2.33. The molecule has 0 fully saturated rings. The molecule has 196 valence electrons. The molecule has 0 heterocycles. The molecule has 5 nitrogen and oxygen atoms in total. The fourth-order valence-corrected chi connectivity index (χ4v) is 4.39. The van der Waals surface area contributed by atoms with Gasteiger partial charge in [0.1, 0.15) is 11.8 Å². The summed E-state index contributed by atoms with van der Waals surface area (Å²) >= 11 is 6.48. The minimum atomic E-state index is -0.755. The summed E-state index contributed by atoms with van der Waals surface area (Å²) in [6.07, 6.45) is 0.363. The molecule has 3 rings (SSSR count). The van der Waals surface area contributed by atoms with Crippen LogP contribution < -0.4 is 10.1 Å². The summed E-state index contributed by atoms with van der Waals surface area (Å²) in [6.45, 7) is 11.8. The van der Waals surface area contributed by atoms with Crippen LogP contribution in [0.25, 0.3) is 0 Å². The molecule has 0 radical (unpaired) electrons. The van der Waals surface area contributed by atoms with Gasteiger partial charge in [-0.1, -0.05) is 66.2 Å². The van der Waals surface area contributed by atoms with Gasteiger partial charge >= 0.3 is 0 Å². The van der Waals surface area contributed by atoms with Crippen LogP contribution >= 0.6 is 11.6 Å². The maximum absolute atomic E-state index is 13.8. The van der Waals surface area contributed by atoms with Gasteiger partial charge < -0.3 is 15.0 Å². The Morgan fingerprint density at radius 1 is 0.973 bits per heavy atom. The number of hydrogen-bond donors (Lipinski definition) is 1. The number of carbonyl (C=O) groups excluding carboxylic acids is 2. The summed E-state index contributed by atoms with van der Waals surface area (Å²) in [4.78, 5) is 29.0. The lowest BCUT2D eigenvalue weighted by Gasteiger charge is -2.34. The first-order chi connectivity index (χ1) is 17.4. The van der Waals surface area contributed by atoms with Crippen LogP contribution in [0.1, 0.15) is 48.6 Å². The third-order valence-electron chi connectivity index (χ3n) is 6.18. The maximum atomic E-state index is 13.8. The van der Waals surface area contributed by atoms with Gasteiger partial charge in [0.05, 0.1) is 0 Å². The molecule has 0 saturated heterocycles. The van der Waals surface area contributed by atoms with Gasteiger partial charge in [-0.2, -0.15) is 0 Å². The SMILES string of the molecule is Cc1cc(C)c(C)c(OCC(=O)N(Cc2ccccc2Cl)[C@H](Cc2ccccc2)C(=O)NC(C)(C)C)c1. The minimum absolute atomic E-state index is 0.183. The van der Waals surface area contributed by atoms with Crippen molar-refractivity contribution in [1.29, 1.82) is 0 Å². The lowest BCUT2D eigenvalue weighted by atomic mass is 10.0. The number of ether oxygens (including phenoxy) is 1. The fourth-order valence-electron chi connectivity index (χ4n) is 4.19. The average Bonchev–Trinajstić information content (AvgIpc) is 2.83. The zero-order valence-electron chi connectivity index (χ0n) is 22.6. The summed E-state index contributed by atoms with van der Waals surface area (Å²) < 4.78 is 6.03. The standard InChI is InChI=1S/C31H37ClN2O3/c1-21-16-22(2)23(3)28(17-21)37-20-29(35)34(19-25-14-10-11-15-26(25)32)27(30(36)33-31(4,5)6)18-24-12-8-7-9-13-24/h7-17,27H,18-20H2,1-6H3,(H,33,36)/t27-/m1/s1. The zero-order chi connectivity index (χ0) is 27.2. The Bertz CT molecular complexity index is 1230. The molecule has 6 heteroatoms. The number of rotatable bonds is 9. The molecule has 1 atom stereocenters. The van der Waals surface area contributed by atoms with Gasteiger partial charge in [0, 0.05) is 23.5 Å². The van der Waals surface area contributed by atoms with Gasteiger partial charge in [-0.3, -0.25) is 9.59 Å². The number of amides is 2. The van der Waals surface area contributed by atoms with Gasteiger partial charge in [0.2, 0.25) is 5.91 Å². The first-order valence-corrected chi connectivity index (χ1v) is 12.9. The third-order valence-corrected chi connectivity index (χ3v) is 6.55. The van der Waals surface area contributed by atoms with E-state index in [1.165, 1.54) is 0 Å². The Balaban J connectivity index is 1.97. The highest BCUT2D eigenvalue weighted by molar-refractivity contribution is 6.31. The van der Waals surface area contributed by atoms with E-state index in [-0.39, 0.29) is 25.0 Å². The van der Waals surface area contributed by atoms with Crippen molar-refractivity contribution in [3.8, 4) is 5.75 Å². The number of hydrogen-bond acceptors (Lipinski definition) is 3. The molecule has 0 saturated carbocycles. The molecule has 2 amide bonds. The molecule has 0 spiro atoms. The molecule has 3 aromatic rings. The molecule has 0 unspecified atom stereocenters. The van der Waals surface area contributed by atoms with E-state index in [4.69, 9.17) is 16.3 Å². The topological polar surface area (TPSA) is 58.6 Å². The van der Waals surface area contributed by atoms with Gasteiger partial charge in [0.15, 0.2) is 6.61 Å². The maximum Gasteiger partial charge on any atom is 0.261 e. The Hall–Kier alpha value is -3.31. The number of nitrogens with one attached hydrogen (secondary N) is 1. The quantitative estimate of drug-likeness (QED) is 0.365. The smallest absolute Gasteiger partial charge is 0.261 e. The molecule has 3 aromatic carbocycles. The van der Waals surface area contributed by atoms with Gasteiger partial charge in [-0.25, -0.2) is 0 Å². The van der Waals surface area contributed by atoms with E-state index in [1.54, 1.807) is 11.0 Å². The summed E-state index contributed by atoms with van der Waals surface area (Å²) in [7, 11) is 0. The second-order valence-corrected chi connectivity index (χ2v) is 11.0. The van der Waals surface area contributed by atoms with Crippen molar-refractivity contribution in [2.45, 2.75) is 66.1 Å². The van der Waals surface area contributed by atoms with E-state index in [0.717, 1.165) is 27.8 Å². The summed E-state index contributed by atoms with van der Waals surface area (Å²) in [5.74, 6) is 0.158. The number of carbonyl (C=O) groups is 2. The van der Waals surface area contributed by atoms with E-state index in [2.05, 4.69) is 11.4 Å². The average molecular weight is 521 g/mol. The predicted octanol–water partition coefficient (Wildman–Crippen LogP) is 6.20. The lowest BCUT2D eigenvalue weighted by Crippen LogP contribution is -2.55. The molecule has 0 bridgehead atoms. The number of nitrogens with zero attached hydrogens (tertiary/aromatic N) is 1. The van der Waals surface area contributed by atoms with Crippen LogP contribution in [-0.4, -0.2) is 34.9 Å². The van der Waals surface area contributed by atoms with E-state index in [1.807, 2.05) is 96.1 Å². The van der Waals surface area contributed by atoms with Crippen LogP contribution in [0.5, 0.6) is 5.75 Å². The van der Waals surface area contributed by atoms with Gasteiger partial charge in [-0.05, 0) is 81.5 Å². The number of halogens is 1. The molecule has 0 aromatic heterocycles. The first-order valence-electron chi connectivity index (χ1n) is 12.5. The number of aryl methyl sites for hydroxylation is 2. The fraction of sp³-hybridized carbons (Fsp3) is 0.355. The summed E-state index contributed by atoms with van der Waals surface area (Å²) in [5.41, 5.74) is 4.41. The zero-order valence-corrected chi connectivity index (χ0v) is 23.4. The minimum Gasteiger partial charge on any atom is -0.483 e. The van der Waals surface area contributed by atoms with Gasteiger partial charge in [-0.15, -0.1) is 0 Å². The van der Waals surface area contributed by atoms with Crippen molar-refractivity contribution in [2.24, 2.45) is 0 Å². The Morgan fingerprint density at radius 2 is 1.62 bits per heavy atom. The van der Waals surface area contributed by atoms with Gasteiger partial charge in [0.25, 0.3) is 5.91 Å². The largest absolute Gasteiger partial charge is 0.483 e. The molecule has 0 aliphatic carbocycles. The molecule has 0 aliphatic heterocycles. The predicted molar refractivity (Wildman–Crippen MR) is 150 cm³/mol. The Morgan fingerprint density at radius 3 is 2.27 bits per heavy atom. The van der Waals surface area contributed by atoms with Crippen molar-refractivity contribution >= 4 is 23.4 Å². The normalized spacial score (nSPS) is 12.1. The second-order valence-electron chi connectivity index (χ2n) is 10.6. The molecule has 37 heavy (non-hydrogen) atoms. The highest BCUT2D eigenvalue weighted by Crippen LogP contribution is 2.25. The van der Waals surface area contributed by atoms with Crippen molar-refractivity contribution in [3.63, 3.8) is 0 Å². The Kier molecular flexibility index (Phi) is 9.39. The molecular weight excluding hydrogens is 484 g/mol. The van der Waals surface area contributed by atoms with E-state index in [0.29, 0.717) is 17.2 Å². The van der Waals surface area contributed by atoms with Crippen LogP contribution in [0, 0.1) is 20.8 Å². The van der Waals surface area contributed by atoms with Crippen molar-refractivity contribution < 1.29 is 14.3 Å². The molecular formula is C31H37ClN2O3. The van der Waals surface area contributed by atoms with E-state index < -0.39 is 11.6 Å². The summed E-state index contributed by atoms with van der Waals surface area (Å²) in [5, 5.41) is 3.61.